The molecule has 0 spiro atoms. The van der Waals surface area contributed by atoms with E-state index in [0.29, 0.717) is 5.41 Å². The standard InChI is InChI=1S/C14H25NS/c1-5-9-15-11-14(3,4)8-6-13-12(2)7-10-16-13/h7,10,15H,5-6,8-9,11H2,1-4H3. The van der Waals surface area contributed by atoms with Crippen LogP contribution in [0.15, 0.2) is 11.4 Å². The van der Waals surface area contributed by atoms with Crippen molar-refractivity contribution >= 4 is 11.3 Å². The lowest BCUT2D eigenvalue weighted by atomic mass is 9.87. The maximum atomic E-state index is 3.52. The van der Waals surface area contributed by atoms with E-state index in [4.69, 9.17) is 0 Å². The lowest BCUT2D eigenvalue weighted by Crippen LogP contribution is -2.30. The van der Waals surface area contributed by atoms with Crippen LogP contribution in [0, 0.1) is 12.3 Å². The van der Waals surface area contributed by atoms with Gasteiger partial charge in [-0.1, -0.05) is 20.8 Å². The number of nitrogens with one attached hydrogen (secondary N) is 1. The minimum absolute atomic E-state index is 0.408. The van der Waals surface area contributed by atoms with Crippen molar-refractivity contribution in [1.82, 2.24) is 5.32 Å². The van der Waals surface area contributed by atoms with E-state index < -0.39 is 0 Å². The Morgan fingerprint density at radius 3 is 2.69 bits per heavy atom. The average Bonchev–Trinajstić information content (AvgIpc) is 2.62. The lowest BCUT2D eigenvalue weighted by molar-refractivity contribution is 0.316. The van der Waals surface area contributed by atoms with Crippen LogP contribution in [-0.2, 0) is 6.42 Å². The van der Waals surface area contributed by atoms with Gasteiger partial charge in [0.25, 0.3) is 0 Å². The van der Waals surface area contributed by atoms with Crippen molar-refractivity contribution in [3.8, 4) is 0 Å². The van der Waals surface area contributed by atoms with Crippen LogP contribution in [0.25, 0.3) is 0 Å². The molecule has 1 nitrogen and oxygen atoms in total. The Balaban J connectivity index is 2.33. The van der Waals surface area contributed by atoms with E-state index in [1.54, 1.807) is 4.88 Å². The van der Waals surface area contributed by atoms with Crippen molar-refractivity contribution in [2.45, 2.75) is 47.0 Å². The van der Waals surface area contributed by atoms with Gasteiger partial charge in [-0.05, 0) is 55.2 Å². The summed E-state index contributed by atoms with van der Waals surface area (Å²) in [6, 6.07) is 2.22. The SMILES string of the molecule is CCCNCC(C)(C)CCc1sccc1C. The number of rotatable bonds is 7. The van der Waals surface area contributed by atoms with Crippen molar-refractivity contribution < 1.29 is 0 Å². The Kier molecular flexibility index (Phi) is 5.50. The van der Waals surface area contributed by atoms with Crippen LogP contribution in [0.3, 0.4) is 0 Å². The summed E-state index contributed by atoms with van der Waals surface area (Å²) in [7, 11) is 0. The molecule has 0 amide bonds. The molecule has 1 aromatic heterocycles. The van der Waals surface area contributed by atoms with Gasteiger partial charge in [-0.2, -0.15) is 0 Å². The molecule has 16 heavy (non-hydrogen) atoms. The maximum absolute atomic E-state index is 3.52. The van der Waals surface area contributed by atoms with Crippen molar-refractivity contribution in [2.75, 3.05) is 13.1 Å². The van der Waals surface area contributed by atoms with Crippen LogP contribution in [0.4, 0.5) is 0 Å². The summed E-state index contributed by atoms with van der Waals surface area (Å²) in [6.07, 6.45) is 3.72. The zero-order chi connectivity index (χ0) is 12.0. The van der Waals surface area contributed by atoms with E-state index >= 15 is 0 Å². The molecule has 0 fully saturated rings. The molecule has 0 aliphatic heterocycles. The van der Waals surface area contributed by atoms with Crippen LogP contribution in [0.2, 0.25) is 0 Å². The number of hydrogen-bond acceptors (Lipinski definition) is 2. The molecule has 1 aromatic rings. The number of hydrogen-bond donors (Lipinski definition) is 1. The van der Waals surface area contributed by atoms with Gasteiger partial charge in [0.05, 0.1) is 0 Å². The first-order chi connectivity index (χ1) is 7.55. The second-order valence-electron chi connectivity index (χ2n) is 5.37. The van der Waals surface area contributed by atoms with Gasteiger partial charge in [-0.25, -0.2) is 0 Å². The highest BCUT2D eigenvalue weighted by molar-refractivity contribution is 7.10. The predicted molar refractivity (Wildman–Crippen MR) is 74.3 cm³/mol. The van der Waals surface area contributed by atoms with E-state index in [0.717, 1.165) is 13.1 Å². The first-order valence-electron chi connectivity index (χ1n) is 6.29. The van der Waals surface area contributed by atoms with Gasteiger partial charge in [-0.3, -0.25) is 0 Å². The smallest absolute Gasteiger partial charge is 0.00746 e. The molecule has 0 aliphatic carbocycles. The summed E-state index contributed by atoms with van der Waals surface area (Å²) in [5, 5.41) is 5.72. The largest absolute Gasteiger partial charge is 0.316 e. The molecule has 0 aliphatic rings. The van der Waals surface area contributed by atoms with E-state index in [1.807, 2.05) is 11.3 Å². The van der Waals surface area contributed by atoms with Crippen LogP contribution in [0.5, 0.6) is 0 Å². The molecule has 1 N–H and O–H groups in total. The van der Waals surface area contributed by atoms with Crippen LogP contribution >= 0.6 is 11.3 Å². The molecule has 0 unspecified atom stereocenters. The second kappa shape index (κ2) is 6.41. The Hall–Kier alpha value is -0.340. The van der Waals surface area contributed by atoms with Crippen LogP contribution in [-0.4, -0.2) is 13.1 Å². The summed E-state index contributed by atoms with van der Waals surface area (Å²) >= 11 is 1.90. The summed E-state index contributed by atoms with van der Waals surface area (Å²) < 4.78 is 0. The van der Waals surface area contributed by atoms with Gasteiger partial charge >= 0.3 is 0 Å². The predicted octanol–water partition coefficient (Wildman–Crippen LogP) is 4.01. The minimum Gasteiger partial charge on any atom is -0.316 e. The molecule has 0 saturated carbocycles. The highest BCUT2D eigenvalue weighted by Crippen LogP contribution is 2.25. The summed E-state index contributed by atoms with van der Waals surface area (Å²) in [5.41, 5.74) is 1.87. The molecule has 0 saturated heterocycles. The molecule has 2 heteroatoms. The zero-order valence-corrected chi connectivity index (χ0v) is 11.9. The third kappa shape index (κ3) is 4.67. The minimum atomic E-state index is 0.408. The third-order valence-electron chi connectivity index (χ3n) is 3.03. The van der Waals surface area contributed by atoms with E-state index in [-0.39, 0.29) is 0 Å². The van der Waals surface area contributed by atoms with Crippen LogP contribution < -0.4 is 5.32 Å². The Morgan fingerprint density at radius 2 is 2.12 bits per heavy atom. The summed E-state index contributed by atoms with van der Waals surface area (Å²) in [4.78, 5) is 1.56. The molecule has 92 valence electrons. The number of aryl methyl sites for hydroxylation is 2. The fourth-order valence-electron chi connectivity index (χ4n) is 1.80. The highest BCUT2D eigenvalue weighted by atomic mass is 32.1. The van der Waals surface area contributed by atoms with Gasteiger partial charge < -0.3 is 5.32 Å². The van der Waals surface area contributed by atoms with Crippen molar-refractivity contribution in [1.29, 1.82) is 0 Å². The van der Waals surface area contributed by atoms with Gasteiger partial charge in [0, 0.05) is 11.4 Å². The first-order valence-corrected chi connectivity index (χ1v) is 7.17. The zero-order valence-electron chi connectivity index (χ0n) is 11.1. The molecule has 0 radical (unpaired) electrons. The maximum Gasteiger partial charge on any atom is 0.00746 e. The molecular formula is C14H25NS. The molecule has 0 bridgehead atoms. The van der Waals surface area contributed by atoms with Gasteiger partial charge in [0.2, 0.25) is 0 Å². The molecule has 1 heterocycles. The molecule has 0 aromatic carbocycles. The monoisotopic (exact) mass is 239 g/mol. The van der Waals surface area contributed by atoms with Crippen LogP contribution in [0.1, 0.15) is 44.1 Å². The van der Waals surface area contributed by atoms with E-state index in [9.17, 15) is 0 Å². The van der Waals surface area contributed by atoms with Crippen molar-refractivity contribution in [3.63, 3.8) is 0 Å². The second-order valence-corrected chi connectivity index (χ2v) is 6.37. The lowest BCUT2D eigenvalue weighted by Gasteiger charge is -2.25. The summed E-state index contributed by atoms with van der Waals surface area (Å²) in [6.45, 7) is 11.4. The quantitative estimate of drug-likeness (QED) is 0.709. The molecule has 1 rings (SSSR count). The topological polar surface area (TPSA) is 12.0 Å². The Bertz CT molecular complexity index is 301. The highest BCUT2D eigenvalue weighted by Gasteiger charge is 2.17. The Morgan fingerprint density at radius 1 is 1.38 bits per heavy atom. The number of thiophene rings is 1. The van der Waals surface area contributed by atoms with Gasteiger partial charge in [0.1, 0.15) is 0 Å². The van der Waals surface area contributed by atoms with E-state index in [2.05, 4.69) is 44.5 Å². The van der Waals surface area contributed by atoms with E-state index in [1.165, 1.54) is 24.8 Å². The van der Waals surface area contributed by atoms with Gasteiger partial charge in [-0.15, -0.1) is 11.3 Å². The first kappa shape index (κ1) is 13.7. The fraction of sp³-hybridized carbons (Fsp3) is 0.714. The third-order valence-corrected chi connectivity index (χ3v) is 4.11. The molecular weight excluding hydrogens is 214 g/mol. The molecule has 0 atom stereocenters. The average molecular weight is 239 g/mol. The normalized spacial score (nSPS) is 12.0. The van der Waals surface area contributed by atoms with Crippen molar-refractivity contribution in [2.24, 2.45) is 5.41 Å². The fourth-order valence-corrected chi connectivity index (χ4v) is 2.71. The summed E-state index contributed by atoms with van der Waals surface area (Å²) in [5.74, 6) is 0. The van der Waals surface area contributed by atoms with Crippen molar-refractivity contribution in [3.05, 3.63) is 21.9 Å². The Labute approximate surface area is 104 Å². The van der Waals surface area contributed by atoms with Gasteiger partial charge in [0.15, 0.2) is 0 Å².